The Labute approximate surface area is 177 Å². The molecule has 1 fully saturated rings. The Hall–Kier alpha value is -2.18. The molecule has 152 valence electrons. The number of hydrogen-bond donors (Lipinski definition) is 0. The number of nitrogens with zero attached hydrogens (tertiary/aromatic N) is 2. The van der Waals surface area contributed by atoms with E-state index in [1.807, 2.05) is 19.1 Å². The third-order valence-electron chi connectivity index (χ3n) is 5.80. The molecule has 4 rings (SSSR count). The van der Waals surface area contributed by atoms with Crippen molar-refractivity contribution in [2.75, 3.05) is 18.0 Å². The normalized spacial score (nSPS) is 15.6. The lowest BCUT2D eigenvalue weighted by molar-refractivity contribution is 0.529. The van der Waals surface area contributed by atoms with Crippen molar-refractivity contribution in [3.63, 3.8) is 0 Å². The van der Waals surface area contributed by atoms with Crippen molar-refractivity contribution in [1.82, 2.24) is 4.98 Å². The Morgan fingerprint density at radius 2 is 1.66 bits per heavy atom. The zero-order chi connectivity index (χ0) is 20.6. The molecule has 1 saturated heterocycles. The highest BCUT2D eigenvalue weighted by Crippen LogP contribution is 2.32. The second kappa shape index (κ2) is 7.92. The van der Waals surface area contributed by atoms with Gasteiger partial charge < -0.3 is 4.90 Å². The van der Waals surface area contributed by atoms with Gasteiger partial charge in [-0.1, -0.05) is 29.8 Å². The molecular weight excluding hydrogens is 400 g/mol. The Bertz CT molecular complexity index is 1110. The van der Waals surface area contributed by atoms with Crippen LogP contribution in [0.4, 0.5) is 5.13 Å². The smallest absolute Gasteiger partial charge is 0.185 e. The van der Waals surface area contributed by atoms with Crippen LogP contribution in [0.5, 0.6) is 0 Å². The number of thiazole rings is 1. The van der Waals surface area contributed by atoms with Gasteiger partial charge in [0, 0.05) is 24.0 Å². The van der Waals surface area contributed by atoms with Gasteiger partial charge in [0.2, 0.25) is 0 Å². The first-order valence-corrected chi connectivity index (χ1v) is 12.4. The van der Waals surface area contributed by atoms with E-state index in [2.05, 4.69) is 42.3 Å². The van der Waals surface area contributed by atoms with E-state index in [4.69, 9.17) is 4.98 Å². The van der Waals surface area contributed by atoms with Gasteiger partial charge in [0.15, 0.2) is 15.0 Å². The average molecular weight is 427 g/mol. The maximum Gasteiger partial charge on any atom is 0.185 e. The summed E-state index contributed by atoms with van der Waals surface area (Å²) in [5, 5.41) is 2.75. The second-order valence-electron chi connectivity index (χ2n) is 7.86. The molecule has 0 spiro atoms. The Balaban J connectivity index is 1.45. The van der Waals surface area contributed by atoms with Crippen LogP contribution in [0.2, 0.25) is 0 Å². The fourth-order valence-electron chi connectivity index (χ4n) is 3.72. The molecule has 0 amide bonds. The minimum Gasteiger partial charge on any atom is -0.348 e. The Morgan fingerprint density at radius 1 is 0.966 bits per heavy atom. The molecular formula is C23H26N2O2S2. The number of benzene rings is 2. The van der Waals surface area contributed by atoms with Crippen molar-refractivity contribution >= 4 is 26.3 Å². The van der Waals surface area contributed by atoms with E-state index in [0.717, 1.165) is 35.0 Å². The first-order chi connectivity index (χ1) is 13.8. The van der Waals surface area contributed by atoms with Gasteiger partial charge >= 0.3 is 0 Å². The standard InChI is InChI=1S/C23H26N2O2S2/c1-16-4-8-20(9-5-16)29(26,27)21-10-12-25(13-11-21)23-24-22(15-28-23)19-7-6-17(2)18(3)14-19/h4-9,14-15,21H,10-13H2,1-3H3. The summed E-state index contributed by atoms with van der Waals surface area (Å²) in [6, 6.07) is 13.6. The lowest BCUT2D eigenvalue weighted by atomic mass is 10.1. The molecule has 0 unspecified atom stereocenters. The fourth-order valence-corrected chi connectivity index (χ4v) is 6.34. The summed E-state index contributed by atoms with van der Waals surface area (Å²) in [5.41, 5.74) is 5.73. The predicted molar refractivity (Wildman–Crippen MR) is 121 cm³/mol. The van der Waals surface area contributed by atoms with Crippen LogP contribution in [-0.4, -0.2) is 31.7 Å². The van der Waals surface area contributed by atoms with E-state index in [-0.39, 0.29) is 5.25 Å². The molecule has 2 aromatic carbocycles. The van der Waals surface area contributed by atoms with Crippen LogP contribution in [0, 0.1) is 20.8 Å². The number of sulfone groups is 1. The molecule has 3 aromatic rings. The number of piperidine rings is 1. The quantitative estimate of drug-likeness (QED) is 0.577. The molecule has 2 heterocycles. The molecule has 6 heteroatoms. The largest absolute Gasteiger partial charge is 0.348 e. The summed E-state index contributed by atoms with van der Waals surface area (Å²) in [6.45, 7) is 7.63. The summed E-state index contributed by atoms with van der Waals surface area (Å²) in [5.74, 6) is 0. The number of anilines is 1. The SMILES string of the molecule is Cc1ccc(S(=O)(=O)C2CCN(c3nc(-c4ccc(C)c(C)c4)cs3)CC2)cc1. The van der Waals surface area contributed by atoms with Crippen LogP contribution in [0.15, 0.2) is 52.7 Å². The van der Waals surface area contributed by atoms with Gasteiger partial charge in [0.25, 0.3) is 0 Å². The molecule has 0 radical (unpaired) electrons. The van der Waals surface area contributed by atoms with Gasteiger partial charge in [-0.3, -0.25) is 0 Å². The molecule has 29 heavy (non-hydrogen) atoms. The minimum atomic E-state index is -3.27. The van der Waals surface area contributed by atoms with Crippen molar-refractivity contribution in [3.05, 3.63) is 64.5 Å². The monoisotopic (exact) mass is 426 g/mol. The Kier molecular flexibility index (Phi) is 5.49. The first kappa shape index (κ1) is 20.1. The number of aromatic nitrogens is 1. The maximum atomic E-state index is 13.0. The van der Waals surface area contributed by atoms with Crippen LogP contribution < -0.4 is 4.90 Å². The van der Waals surface area contributed by atoms with Gasteiger partial charge in [0.05, 0.1) is 15.8 Å². The molecule has 0 N–H and O–H groups in total. The van der Waals surface area contributed by atoms with E-state index in [9.17, 15) is 8.42 Å². The lowest BCUT2D eigenvalue weighted by Gasteiger charge is -2.31. The molecule has 1 aliphatic heterocycles. The molecule has 0 saturated carbocycles. The van der Waals surface area contributed by atoms with Crippen molar-refractivity contribution in [2.24, 2.45) is 0 Å². The van der Waals surface area contributed by atoms with Gasteiger partial charge in [0.1, 0.15) is 0 Å². The number of hydrogen-bond acceptors (Lipinski definition) is 5. The zero-order valence-electron chi connectivity index (χ0n) is 17.1. The summed E-state index contributed by atoms with van der Waals surface area (Å²) in [4.78, 5) is 7.48. The maximum absolute atomic E-state index is 13.0. The van der Waals surface area contributed by atoms with E-state index in [1.54, 1.807) is 23.5 Å². The number of rotatable bonds is 4. The first-order valence-electron chi connectivity index (χ1n) is 9.93. The van der Waals surface area contributed by atoms with Crippen LogP contribution >= 0.6 is 11.3 Å². The van der Waals surface area contributed by atoms with Gasteiger partial charge in [-0.15, -0.1) is 11.3 Å². The van der Waals surface area contributed by atoms with Crippen LogP contribution in [-0.2, 0) is 9.84 Å². The van der Waals surface area contributed by atoms with Gasteiger partial charge in [-0.2, -0.15) is 0 Å². The van der Waals surface area contributed by atoms with E-state index < -0.39 is 9.84 Å². The highest BCUT2D eigenvalue weighted by Gasteiger charge is 2.32. The Morgan fingerprint density at radius 3 is 2.31 bits per heavy atom. The van der Waals surface area contributed by atoms with Gasteiger partial charge in [-0.05, 0) is 62.9 Å². The average Bonchev–Trinajstić information content (AvgIpc) is 3.21. The minimum absolute atomic E-state index is 0.319. The second-order valence-corrected chi connectivity index (χ2v) is 10.9. The highest BCUT2D eigenvalue weighted by molar-refractivity contribution is 7.92. The summed E-state index contributed by atoms with van der Waals surface area (Å²) >= 11 is 1.63. The lowest BCUT2D eigenvalue weighted by Crippen LogP contribution is -2.39. The molecule has 0 bridgehead atoms. The third-order valence-corrected chi connectivity index (χ3v) is 8.98. The van der Waals surface area contributed by atoms with E-state index in [1.165, 1.54) is 11.1 Å². The van der Waals surface area contributed by atoms with Crippen molar-refractivity contribution in [1.29, 1.82) is 0 Å². The molecule has 1 aromatic heterocycles. The fraction of sp³-hybridized carbons (Fsp3) is 0.348. The van der Waals surface area contributed by atoms with Gasteiger partial charge in [-0.25, -0.2) is 13.4 Å². The third kappa shape index (κ3) is 4.09. The predicted octanol–water partition coefficient (Wildman–Crippen LogP) is 5.18. The van der Waals surface area contributed by atoms with Crippen molar-refractivity contribution < 1.29 is 8.42 Å². The molecule has 0 atom stereocenters. The van der Waals surface area contributed by atoms with Crippen LogP contribution in [0.3, 0.4) is 0 Å². The zero-order valence-corrected chi connectivity index (χ0v) is 18.7. The van der Waals surface area contributed by atoms with Crippen LogP contribution in [0.25, 0.3) is 11.3 Å². The molecule has 0 aliphatic carbocycles. The van der Waals surface area contributed by atoms with Crippen molar-refractivity contribution in [2.45, 2.75) is 43.8 Å². The molecule has 1 aliphatic rings. The van der Waals surface area contributed by atoms with Crippen LogP contribution in [0.1, 0.15) is 29.5 Å². The summed E-state index contributed by atoms with van der Waals surface area (Å²) < 4.78 is 25.9. The van der Waals surface area contributed by atoms with E-state index in [0.29, 0.717) is 17.7 Å². The summed E-state index contributed by atoms with van der Waals surface area (Å²) in [7, 11) is -3.27. The highest BCUT2D eigenvalue weighted by atomic mass is 32.2. The topological polar surface area (TPSA) is 50.3 Å². The van der Waals surface area contributed by atoms with E-state index >= 15 is 0 Å². The summed E-state index contributed by atoms with van der Waals surface area (Å²) in [6.07, 6.45) is 1.27. The number of aryl methyl sites for hydroxylation is 3. The van der Waals surface area contributed by atoms with Crippen molar-refractivity contribution in [3.8, 4) is 11.3 Å². The molecule has 4 nitrogen and oxygen atoms in total.